The summed E-state index contributed by atoms with van der Waals surface area (Å²) in [6.45, 7) is 2.25. The molecule has 69 valence electrons. The van der Waals surface area contributed by atoms with Gasteiger partial charge in [-0.2, -0.15) is 0 Å². The van der Waals surface area contributed by atoms with Crippen LogP contribution in [0.25, 0.3) is 0 Å². The van der Waals surface area contributed by atoms with Crippen LogP contribution < -0.4 is 4.90 Å². The molecule has 0 N–H and O–H groups in total. The molecule has 1 saturated heterocycles. The first kappa shape index (κ1) is 8.89. The highest BCUT2D eigenvalue weighted by molar-refractivity contribution is 6.30. The van der Waals surface area contributed by atoms with Crippen molar-refractivity contribution in [3.8, 4) is 0 Å². The van der Waals surface area contributed by atoms with Gasteiger partial charge in [-0.1, -0.05) is 17.7 Å². The summed E-state index contributed by atoms with van der Waals surface area (Å²) in [7, 11) is 0. The maximum absolute atomic E-state index is 5.93. The van der Waals surface area contributed by atoms with Crippen LogP contribution in [0.1, 0.15) is 12.8 Å². The molecule has 0 unspecified atom stereocenters. The molecule has 1 aromatic rings. The average molecular weight is 195 g/mol. The molecule has 13 heavy (non-hydrogen) atoms. The van der Waals surface area contributed by atoms with E-state index < -0.39 is 0 Å². The summed E-state index contributed by atoms with van der Waals surface area (Å²) in [5.41, 5.74) is 1.25. The van der Waals surface area contributed by atoms with E-state index in [-0.39, 0.29) is 0 Å². The van der Waals surface area contributed by atoms with Crippen LogP contribution in [-0.2, 0) is 0 Å². The Morgan fingerprint density at radius 3 is 2.62 bits per heavy atom. The number of hydrogen-bond donors (Lipinski definition) is 0. The van der Waals surface area contributed by atoms with Crippen LogP contribution in [0.15, 0.2) is 24.3 Å². The van der Waals surface area contributed by atoms with Crippen molar-refractivity contribution >= 4 is 17.3 Å². The van der Waals surface area contributed by atoms with Gasteiger partial charge in [0.2, 0.25) is 0 Å². The van der Waals surface area contributed by atoms with Crippen molar-refractivity contribution in [1.29, 1.82) is 0 Å². The van der Waals surface area contributed by atoms with Crippen molar-refractivity contribution in [3.63, 3.8) is 0 Å². The Morgan fingerprint density at radius 2 is 1.92 bits per heavy atom. The molecule has 1 nitrogen and oxygen atoms in total. The molecule has 1 aromatic carbocycles. The highest BCUT2D eigenvalue weighted by Gasteiger charge is 2.10. The third-order valence-electron chi connectivity index (χ3n) is 2.38. The molecule has 1 heterocycles. The SMILES string of the molecule is Clc1cccc(N2CC[CH]CC2)c1. The predicted octanol–water partition coefficient (Wildman–Crippen LogP) is 3.14. The Morgan fingerprint density at radius 1 is 1.15 bits per heavy atom. The van der Waals surface area contributed by atoms with Crippen molar-refractivity contribution in [3.05, 3.63) is 35.7 Å². The highest BCUT2D eigenvalue weighted by atomic mass is 35.5. The van der Waals surface area contributed by atoms with Gasteiger partial charge in [0.1, 0.15) is 0 Å². The van der Waals surface area contributed by atoms with Crippen molar-refractivity contribution < 1.29 is 0 Å². The molecule has 0 aromatic heterocycles. The average Bonchev–Trinajstić information content (AvgIpc) is 2.19. The summed E-state index contributed by atoms with van der Waals surface area (Å²) >= 11 is 5.93. The zero-order chi connectivity index (χ0) is 9.10. The van der Waals surface area contributed by atoms with E-state index in [9.17, 15) is 0 Å². The molecular weight excluding hydrogens is 182 g/mol. The van der Waals surface area contributed by atoms with Gasteiger partial charge in [0.05, 0.1) is 0 Å². The molecule has 0 aliphatic carbocycles. The van der Waals surface area contributed by atoms with E-state index in [1.165, 1.54) is 18.5 Å². The first-order valence-electron chi connectivity index (χ1n) is 4.68. The van der Waals surface area contributed by atoms with Gasteiger partial charge in [-0.3, -0.25) is 0 Å². The van der Waals surface area contributed by atoms with Gasteiger partial charge < -0.3 is 4.90 Å². The lowest BCUT2D eigenvalue weighted by Crippen LogP contribution is -2.29. The molecule has 0 amide bonds. The van der Waals surface area contributed by atoms with Gasteiger partial charge in [0.25, 0.3) is 0 Å². The smallest absolute Gasteiger partial charge is 0.0426 e. The standard InChI is InChI=1S/C11H13ClN/c12-10-5-4-6-11(9-10)13-7-2-1-3-8-13/h1,4-6,9H,2-3,7-8H2. The molecule has 2 rings (SSSR count). The van der Waals surface area contributed by atoms with Crippen LogP contribution >= 0.6 is 11.6 Å². The summed E-state index contributed by atoms with van der Waals surface area (Å²) in [6.07, 6.45) is 4.72. The Bertz CT molecular complexity index is 279. The Balaban J connectivity index is 2.14. The molecule has 0 spiro atoms. The van der Waals surface area contributed by atoms with Gasteiger partial charge in [0.15, 0.2) is 0 Å². The number of anilines is 1. The Labute approximate surface area is 84.3 Å². The summed E-state index contributed by atoms with van der Waals surface area (Å²) in [5.74, 6) is 0. The number of hydrogen-bond acceptors (Lipinski definition) is 1. The van der Waals surface area contributed by atoms with Crippen molar-refractivity contribution in [1.82, 2.24) is 0 Å². The normalized spacial score (nSPS) is 17.5. The minimum absolute atomic E-state index is 0.826. The molecule has 0 saturated carbocycles. The third-order valence-corrected chi connectivity index (χ3v) is 2.61. The number of rotatable bonds is 1. The van der Waals surface area contributed by atoms with Gasteiger partial charge in [-0.25, -0.2) is 0 Å². The molecule has 1 aliphatic rings. The summed E-state index contributed by atoms with van der Waals surface area (Å²) in [5, 5.41) is 0.826. The van der Waals surface area contributed by atoms with E-state index in [1.807, 2.05) is 18.2 Å². The Kier molecular flexibility index (Phi) is 2.74. The molecular formula is C11H13ClN. The van der Waals surface area contributed by atoms with E-state index in [0.29, 0.717) is 0 Å². The van der Waals surface area contributed by atoms with Crippen LogP contribution in [-0.4, -0.2) is 13.1 Å². The van der Waals surface area contributed by atoms with Crippen LogP contribution in [0, 0.1) is 6.42 Å². The molecule has 0 atom stereocenters. The second kappa shape index (κ2) is 4.01. The van der Waals surface area contributed by atoms with E-state index in [1.54, 1.807) is 0 Å². The Hall–Kier alpha value is -0.690. The lowest BCUT2D eigenvalue weighted by atomic mass is 10.1. The number of nitrogens with zero attached hydrogens (tertiary/aromatic N) is 1. The fourth-order valence-electron chi connectivity index (χ4n) is 1.68. The number of halogens is 1. The van der Waals surface area contributed by atoms with Crippen molar-refractivity contribution in [2.24, 2.45) is 0 Å². The van der Waals surface area contributed by atoms with Gasteiger partial charge in [-0.05, 0) is 37.5 Å². The zero-order valence-electron chi connectivity index (χ0n) is 7.54. The minimum Gasteiger partial charge on any atom is -0.371 e. The lowest BCUT2D eigenvalue weighted by Gasteiger charge is -2.28. The highest BCUT2D eigenvalue weighted by Crippen LogP contribution is 2.22. The second-order valence-corrected chi connectivity index (χ2v) is 3.77. The van der Waals surface area contributed by atoms with Gasteiger partial charge in [-0.15, -0.1) is 0 Å². The quantitative estimate of drug-likeness (QED) is 0.664. The zero-order valence-corrected chi connectivity index (χ0v) is 8.30. The van der Waals surface area contributed by atoms with E-state index in [2.05, 4.69) is 17.4 Å². The number of piperidine rings is 1. The van der Waals surface area contributed by atoms with Crippen molar-refractivity contribution in [2.45, 2.75) is 12.8 Å². The largest absolute Gasteiger partial charge is 0.371 e. The predicted molar refractivity (Wildman–Crippen MR) is 57.2 cm³/mol. The second-order valence-electron chi connectivity index (χ2n) is 3.33. The first-order valence-corrected chi connectivity index (χ1v) is 5.06. The molecule has 1 radical (unpaired) electrons. The van der Waals surface area contributed by atoms with Gasteiger partial charge >= 0.3 is 0 Å². The fourth-order valence-corrected chi connectivity index (χ4v) is 1.87. The van der Waals surface area contributed by atoms with E-state index in [0.717, 1.165) is 18.1 Å². The monoisotopic (exact) mass is 194 g/mol. The minimum atomic E-state index is 0.826. The van der Waals surface area contributed by atoms with Crippen molar-refractivity contribution in [2.75, 3.05) is 18.0 Å². The van der Waals surface area contributed by atoms with Gasteiger partial charge in [0, 0.05) is 23.8 Å². The maximum Gasteiger partial charge on any atom is 0.0426 e. The van der Waals surface area contributed by atoms with Crippen LogP contribution in [0.5, 0.6) is 0 Å². The fraction of sp³-hybridized carbons (Fsp3) is 0.364. The third kappa shape index (κ3) is 2.16. The molecule has 2 heteroatoms. The molecule has 1 fully saturated rings. The first-order chi connectivity index (χ1) is 6.36. The van der Waals surface area contributed by atoms with Crippen LogP contribution in [0.4, 0.5) is 5.69 Å². The summed E-state index contributed by atoms with van der Waals surface area (Å²) < 4.78 is 0. The van der Waals surface area contributed by atoms with Crippen LogP contribution in [0.2, 0.25) is 5.02 Å². The molecule has 1 aliphatic heterocycles. The molecule has 0 bridgehead atoms. The summed E-state index contributed by atoms with van der Waals surface area (Å²) in [4.78, 5) is 2.38. The lowest BCUT2D eigenvalue weighted by molar-refractivity contribution is 0.679. The summed E-state index contributed by atoms with van der Waals surface area (Å²) in [6, 6.07) is 8.08. The van der Waals surface area contributed by atoms with Crippen LogP contribution in [0.3, 0.4) is 0 Å². The number of benzene rings is 1. The maximum atomic E-state index is 5.93. The van der Waals surface area contributed by atoms with E-state index in [4.69, 9.17) is 11.6 Å². The topological polar surface area (TPSA) is 3.24 Å². The van der Waals surface area contributed by atoms with E-state index >= 15 is 0 Å².